The standard InChI is InChI=1S/C26H27N3O7/c1-29(2)18-6-5-14-9-16(4-3-15(14)10-18)20-8-7-19(35-20)11-17(12-27)25(33)28-22-24(32)23(31)21(13-30)36-26(22)34/h3-11,21-24,26,30-32,34H,13H2,1-2H3,(H,28,33)/b17-11+/t21-,22-,23-,24-,26?/m1/s1. The van der Waals surface area contributed by atoms with Crippen molar-refractivity contribution < 1.29 is 34.4 Å². The van der Waals surface area contributed by atoms with Gasteiger partial charge < -0.3 is 39.8 Å². The van der Waals surface area contributed by atoms with E-state index in [2.05, 4.69) is 11.4 Å². The van der Waals surface area contributed by atoms with Gasteiger partial charge in [-0.3, -0.25) is 4.79 Å². The van der Waals surface area contributed by atoms with Crippen molar-refractivity contribution in [1.82, 2.24) is 5.32 Å². The van der Waals surface area contributed by atoms with E-state index >= 15 is 0 Å². The molecule has 10 heteroatoms. The first-order valence-corrected chi connectivity index (χ1v) is 11.3. The maximum atomic E-state index is 12.6. The molecule has 0 spiro atoms. The highest BCUT2D eigenvalue weighted by Crippen LogP contribution is 2.29. The summed E-state index contributed by atoms with van der Waals surface area (Å²) in [5.41, 5.74) is 1.56. The number of carbonyl (C=O) groups is 1. The fraction of sp³-hybridized carbons (Fsp3) is 0.308. The van der Waals surface area contributed by atoms with Crippen molar-refractivity contribution in [3.05, 3.63) is 59.9 Å². The Hall–Kier alpha value is -3.72. The fourth-order valence-corrected chi connectivity index (χ4v) is 4.02. The molecule has 188 valence electrons. The summed E-state index contributed by atoms with van der Waals surface area (Å²) in [6, 6.07) is 15.7. The summed E-state index contributed by atoms with van der Waals surface area (Å²) in [5.74, 6) is -0.109. The molecule has 1 aliphatic heterocycles. The van der Waals surface area contributed by atoms with Gasteiger partial charge in [0.1, 0.15) is 47.5 Å². The first-order chi connectivity index (χ1) is 17.2. The molecule has 2 heterocycles. The van der Waals surface area contributed by atoms with Crippen molar-refractivity contribution in [2.24, 2.45) is 0 Å². The highest BCUT2D eigenvalue weighted by molar-refractivity contribution is 6.01. The van der Waals surface area contributed by atoms with E-state index in [4.69, 9.17) is 14.3 Å². The molecule has 1 amide bonds. The minimum Gasteiger partial charge on any atom is -0.457 e. The van der Waals surface area contributed by atoms with Crippen LogP contribution in [0.2, 0.25) is 0 Å². The normalized spacial score (nSPS) is 24.4. The van der Waals surface area contributed by atoms with Gasteiger partial charge in [0.15, 0.2) is 6.29 Å². The lowest BCUT2D eigenvalue weighted by Crippen LogP contribution is -2.64. The Morgan fingerprint density at radius 2 is 1.81 bits per heavy atom. The Balaban J connectivity index is 1.51. The Morgan fingerprint density at radius 1 is 1.08 bits per heavy atom. The van der Waals surface area contributed by atoms with E-state index < -0.39 is 43.2 Å². The number of fused-ring (bicyclic) bond motifs is 1. The lowest BCUT2D eigenvalue weighted by molar-refractivity contribution is -0.253. The van der Waals surface area contributed by atoms with Crippen LogP contribution in [0, 0.1) is 11.3 Å². The summed E-state index contributed by atoms with van der Waals surface area (Å²) in [4.78, 5) is 14.7. The average molecular weight is 494 g/mol. The number of amides is 1. The van der Waals surface area contributed by atoms with Gasteiger partial charge in [0, 0.05) is 31.4 Å². The number of ether oxygens (including phenoxy) is 1. The summed E-state index contributed by atoms with van der Waals surface area (Å²) >= 11 is 0. The maximum Gasteiger partial charge on any atom is 0.262 e. The number of aliphatic hydroxyl groups excluding tert-OH is 4. The van der Waals surface area contributed by atoms with Gasteiger partial charge in [-0.05, 0) is 41.1 Å². The highest BCUT2D eigenvalue weighted by Gasteiger charge is 2.44. The number of hydrogen-bond donors (Lipinski definition) is 5. The van der Waals surface area contributed by atoms with Gasteiger partial charge in [-0.1, -0.05) is 18.2 Å². The van der Waals surface area contributed by atoms with Crippen LogP contribution in [0.5, 0.6) is 0 Å². The molecule has 36 heavy (non-hydrogen) atoms. The molecule has 1 fully saturated rings. The number of aliphatic hydroxyl groups is 4. The van der Waals surface area contributed by atoms with Crippen molar-refractivity contribution >= 4 is 28.4 Å². The van der Waals surface area contributed by atoms with E-state index in [1.807, 2.05) is 49.3 Å². The molecular formula is C26H27N3O7. The van der Waals surface area contributed by atoms with Crippen LogP contribution in [0.4, 0.5) is 5.69 Å². The second-order valence-corrected chi connectivity index (χ2v) is 8.74. The van der Waals surface area contributed by atoms with Crippen molar-refractivity contribution in [3.8, 4) is 17.4 Å². The van der Waals surface area contributed by atoms with Crippen molar-refractivity contribution in [2.45, 2.75) is 30.6 Å². The Labute approximate surface area is 207 Å². The Kier molecular flexibility index (Phi) is 7.40. The molecule has 10 nitrogen and oxygen atoms in total. The second kappa shape index (κ2) is 10.5. The summed E-state index contributed by atoms with van der Waals surface area (Å²) < 4.78 is 10.9. The minimum atomic E-state index is -1.69. The fourth-order valence-electron chi connectivity index (χ4n) is 4.02. The molecule has 1 saturated heterocycles. The molecule has 0 aliphatic carbocycles. The largest absolute Gasteiger partial charge is 0.457 e. The second-order valence-electron chi connectivity index (χ2n) is 8.74. The number of nitrogens with zero attached hydrogens (tertiary/aromatic N) is 2. The number of benzene rings is 2. The molecule has 5 atom stereocenters. The van der Waals surface area contributed by atoms with Crippen LogP contribution in [0.3, 0.4) is 0 Å². The maximum absolute atomic E-state index is 12.6. The number of furan rings is 1. The zero-order valence-electron chi connectivity index (χ0n) is 19.7. The summed E-state index contributed by atoms with van der Waals surface area (Å²) in [6.07, 6.45) is -4.82. The van der Waals surface area contributed by atoms with Crippen LogP contribution < -0.4 is 10.2 Å². The molecule has 1 aromatic heterocycles. The molecule has 1 aliphatic rings. The molecule has 0 saturated carbocycles. The van der Waals surface area contributed by atoms with E-state index in [0.717, 1.165) is 22.0 Å². The number of nitriles is 1. The van der Waals surface area contributed by atoms with Crippen molar-refractivity contribution in [1.29, 1.82) is 5.26 Å². The number of rotatable bonds is 6. The minimum absolute atomic E-state index is 0.251. The first kappa shape index (κ1) is 25.4. The number of nitrogens with one attached hydrogen (secondary N) is 1. The Bertz CT molecular complexity index is 1330. The van der Waals surface area contributed by atoms with Crippen LogP contribution in [-0.2, 0) is 9.53 Å². The number of carbonyl (C=O) groups excluding carboxylic acids is 1. The molecular weight excluding hydrogens is 466 g/mol. The van der Waals surface area contributed by atoms with Gasteiger partial charge in [0.25, 0.3) is 5.91 Å². The lowest BCUT2D eigenvalue weighted by atomic mass is 9.97. The third-order valence-corrected chi connectivity index (χ3v) is 6.10. The van der Waals surface area contributed by atoms with Gasteiger partial charge >= 0.3 is 0 Å². The van der Waals surface area contributed by atoms with Crippen molar-refractivity contribution in [3.63, 3.8) is 0 Å². The SMILES string of the molecule is CN(C)c1ccc2cc(-c3ccc(/C=C(\C#N)C(=O)N[C@H]4C(O)O[C@H](CO)[C@@H](O)[C@@H]4O)o3)ccc2c1. The molecule has 1 unspecified atom stereocenters. The van der Waals surface area contributed by atoms with Crippen LogP contribution in [-0.4, -0.2) is 77.7 Å². The van der Waals surface area contributed by atoms with E-state index in [1.54, 1.807) is 18.2 Å². The number of anilines is 1. The van der Waals surface area contributed by atoms with Gasteiger partial charge in [-0.2, -0.15) is 5.26 Å². The predicted octanol–water partition coefficient (Wildman–Crippen LogP) is 0.989. The summed E-state index contributed by atoms with van der Waals surface area (Å²) in [7, 11) is 3.96. The third kappa shape index (κ3) is 5.11. The van der Waals surface area contributed by atoms with E-state index in [9.17, 15) is 25.4 Å². The smallest absolute Gasteiger partial charge is 0.262 e. The van der Waals surface area contributed by atoms with Gasteiger partial charge in [-0.15, -0.1) is 0 Å². The third-order valence-electron chi connectivity index (χ3n) is 6.10. The van der Waals surface area contributed by atoms with Crippen molar-refractivity contribution in [2.75, 3.05) is 25.6 Å². The van der Waals surface area contributed by atoms with Gasteiger partial charge in [0.2, 0.25) is 0 Å². The molecule has 3 aromatic rings. The highest BCUT2D eigenvalue weighted by atomic mass is 16.6. The molecule has 2 aromatic carbocycles. The zero-order chi connectivity index (χ0) is 26.0. The molecule has 0 bridgehead atoms. The predicted molar refractivity (Wildman–Crippen MR) is 131 cm³/mol. The van der Waals surface area contributed by atoms with E-state index in [1.165, 1.54) is 6.08 Å². The van der Waals surface area contributed by atoms with Crippen LogP contribution in [0.1, 0.15) is 5.76 Å². The topological polar surface area (TPSA) is 159 Å². The molecule has 0 radical (unpaired) electrons. The van der Waals surface area contributed by atoms with E-state index in [0.29, 0.717) is 5.76 Å². The van der Waals surface area contributed by atoms with E-state index in [-0.39, 0.29) is 11.3 Å². The van der Waals surface area contributed by atoms with Crippen LogP contribution >= 0.6 is 0 Å². The first-order valence-electron chi connectivity index (χ1n) is 11.3. The zero-order valence-corrected chi connectivity index (χ0v) is 19.7. The van der Waals surface area contributed by atoms with Crippen LogP contribution in [0.15, 0.2) is 58.5 Å². The summed E-state index contributed by atoms with van der Waals surface area (Å²) in [5, 5.41) is 53.3. The average Bonchev–Trinajstić information content (AvgIpc) is 3.35. The van der Waals surface area contributed by atoms with Gasteiger partial charge in [-0.25, -0.2) is 0 Å². The van der Waals surface area contributed by atoms with Crippen LogP contribution in [0.25, 0.3) is 28.2 Å². The molecule has 5 N–H and O–H groups in total. The quantitative estimate of drug-likeness (QED) is 0.249. The summed E-state index contributed by atoms with van der Waals surface area (Å²) in [6.45, 7) is -0.630. The van der Waals surface area contributed by atoms with Gasteiger partial charge in [0.05, 0.1) is 6.61 Å². The molecule has 4 rings (SSSR count). The monoisotopic (exact) mass is 493 g/mol. The lowest BCUT2D eigenvalue weighted by Gasteiger charge is -2.40. The Morgan fingerprint density at radius 3 is 2.50 bits per heavy atom. The number of hydrogen-bond acceptors (Lipinski definition) is 9.